The van der Waals surface area contributed by atoms with Crippen LogP contribution in [-0.4, -0.2) is 29.9 Å². The van der Waals surface area contributed by atoms with Crippen LogP contribution in [0, 0.1) is 56.8 Å². The first kappa shape index (κ1) is 27.9. The maximum absolute atomic E-state index is 14.4. The van der Waals surface area contributed by atoms with Gasteiger partial charge in [-0.25, -0.2) is 4.85 Å². The van der Waals surface area contributed by atoms with Crippen molar-refractivity contribution in [3.8, 4) is 0 Å². The number of aliphatic hydroxyl groups excluding tert-OH is 1. The SMILES string of the molecule is [C-]#[N+]C1=C(O)[C@@](C)(C(N)=O)[C@@H]2CC[C@]3(C)C(=CC(=O)[C@@H]4[C@@H]5CC(C)(C)CC[C@]5(C(=O)OC)CC[C@]43C)[C@@]2(C)C1. The van der Waals surface area contributed by atoms with E-state index in [2.05, 4.69) is 39.5 Å². The number of fused-ring (bicyclic) bond motifs is 7. The maximum atomic E-state index is 14.4. The lowest BCUT2D eigenvalue weighted by atomic mass is 9.34. The number of aliphatic hydroxyl groups is 1. The third-order valence-electron chi connectivity index (χ3n) is 12.9. The lowest BCUT2D eigenvalue weighted by Gasteiger charge is -2.69. The Hall–Kier alpha value is -2.62. The lowest BCUT2D eigenvalue weighted by Crippen LogP contribution is -2.66. The molecule has 0 spiro atoms. The van der Waals surface area contributed by atoms with E-state index in [0.717, 1.165) is 37.7 Å². The Labute approximate surface area is 232 Å². The van der Waals surface area contributed by atoms with E-state index in [-0.39, 0.29) is 58.2 Å². The van der Waals surface area contributed by atoms with Gasteiger partial charge in [-0.1, -0.05) is 40.2 Å². The quantitative estimate of drug-likeness (QED) is 0.337. The minimum atomic E-state index is -1.38. The first-order valence-corrected chi connectivity index (χ1v) is 14.4. The van der Waals surface area contributed by atoms with Crippen LogP contribution in [0.3, 0.4) is 0 Å². The van der Waals surface area contributed by atoms with E-state index in [1.807, 2.05) is 6.08 Å². The molecule has 0 heterocycles. The van der Waals surface area contributed by atoms with Gasteiger partial charge in [0.1, 0.15) is 5.76 Å². The van der Waals surface area contributed by atoms with Crippen molar-refractivity contribution < 1.29 is 24.2 Å². The number of hydrogen-bond acceptors (Lipinski definition) is 5. The van der Waals surface area contributed by atoms with Crippen molar-refractivity contribution in [3.63, 3.8) is 0 Å². The molecule has 212 valence electrons. The number of amides is 1. The van der Waals surface area contributed by atoms with Crippen LogP contribution < -0.4 is 5.73 Å². The standard InChI is InChI=1S/C32H44N2O5/c1-27(2)11-13-32(26(38)39-8)14-12-30(5)23(18(32)16-27)20(35)15-22-28(3)17-19(34-7)24(36)31(6,25(33)37)21(28)9-10-29(22,30)4/h15,18,21,23,36H,9-14,16-17H2,1-6,8H3,(H2,33,37)/t18-,21+,23-,28-,29+,30+,31-,32-/m0/s1. The predicted molar refractivity (Wildman–Crippen MR) is 147 cm³/mol. The molecule has 3 N–H and O–H groups in total. The Balaban J connectivity index is 1.70. The van der Waals surface area contributed by atoms with Gasteiger partial charge in [0.15, 0.2) is 5.78 Å². The van der Waals surface area contributed by atoms with Crippen molar-refractivity contribution >= 4 is 17.7 Å². The minimum Gasteiger partial charge on any atom is -0.523 e. The van der Waals surface area contributed by atoms with Gasteiger partial charge in [-0.05, 0) is 97.9 Å². The molecule has 3 saturated carbocycles. The van der Waals surface area contributed by atoms with Gasteiger partial charge in [0.2, 0.25) is 11.6 Å². The number of rotatable bonds is 2. The summed E-state index contributed by atoms with van der Waals surface area (Å²) in [6.07, 6.45) is 7.36. The Kier molecular flexibility index (Phi) is 5.88. The topological polar surface area (TPSA) is 111 Å². The highest BCUT2D eigenvalue weighted by atomic mass is 16.5. The Morgan fingerprint density at radius 2 is 1.72 bits per heavy atom. The fourth-order valence-corrected chi connectivity index (χ4v) is 10.4. The van der Waals surface area contributed by atoms with Gasteiger partial charge in [-0.3, -0.25) is 14.4 Å². The fraction of sp³-hybridized carbons (Fsp3) is 0.750. The number of allylic oxidation sites excluding steroid dienone is 3. The third kappa shape index (κ3) is 3.24. The summed E-state index contributed by atoms with van der Waals surface area (Å²) in [6, 6.07) is 0. The van der Waals surface area contributed by atoms with E-state index in [1.165, 1.54) is 7.11 Å². The summed E-state index contributed by atoms with van der Waals surface area (Å²) in [7, 11) is 1.46. The van der Waals surface area contributed by atoms with E-state index in [9.17, 15) is 19.5 Å². The summed E-state index contributed by atoms with van der Waals surface area (Å²) < 4.78 is 5.40. The van der Waals surface area contributed by atoms with Crippen molar-refractivity contribution in [2.75, 3.05) is 7.11 Å². The molecule has 8 atom stereocenters. The molecular weight excluding hydrogens is 492 g/mol. The average molecular weight is 537 g/mol. The Bertz CT molecular complexity index is 1270. The highest BCUT2D eigenvalue weighted by molar-refractivity contribution is 5.96. The van der Waals surface area contributed by atoms with Crippen molar-refractivity contribution in [3.05, 3.63) is 34.5 Å². The van der Waals surface area contributed by atoms with Crippen molar-refractivity contribution in [2.24, 2.45) is 56.0 Å². The molecule has 1 amide bonds. The second kappa shape index (κ2) is 8.21. The second-order valence-electron chi connectivity index (χ2n) is 15.0. The number of nitrogens with two attached hydrogens (primary N) is 1. The van der Waals surface area contributed by atoms with E-state index in [0.29, 0.717) is 12.8 Å². The number of primary amides is 1. The molecule has 0 aromatic rings. The van der Waals surface area contributed by atoms with Crippen molar-refractivity contribution in [2.45, 2.75) is 92.9 Å². The average Bonchev–Trinajstić information content (AvgIpc) is 2.86. The number of methoxy groups -OCH3 is 1. The van der Waals surface area contributed by atoms with Gasteiger partial charge in [0.05, 0.1) is 24.5 Å². The number of carbonyl (C=O) groups excluding carboxylic acids is 3. The molecule has 0 saturated heterocycles. The Morgan fingerprint density at radius 3 is 2.31 bits per heavy atom. The fourth-order valence-electron chi connectivity index (χ4n) is 10.4. The minimum absolute atomic E-state index is 0.0226. The zero-order valence-electron chi connectivity index (χ0n) is 24.6. The number of hydrogen-bond donors (Lipinski definition) is 2. The van der Waals surface area contributed by atoms with Gasteiger partial charge in [0.25, 0.3) is 0 Å². The molecule has 0 aromatic carbocycles. The van der Waals surface area contributed by atoms with E-state index in [4.69, 9.17) is 17.0 Å². The molecule has 0 bridgehead atoms. The van der Waals surface area contributed by atoms with Crippen LogP contribution in [0.15, 0.2) is 23.1 Å². The summed E-state index contributed by atoms with van der Waals surface area (Å²) in [5, 5.41) is 11.1. The molecule has 0 radical (unpaired) electrons. The molecule has 5 aliphatic carbocycles. The van der Waals surface area contributed by atoms with E-state index >= 15 is 0 Å². The smallest absolute Gasteiger partial charge is 0.312 e. The summed E-state index contributed by atoms with van der Waals surface area (Å²) >= 11 is 0. The van der Waals surface area contributed by atoms with Crippen LogP contribution in [0.5, 0.6) is 0 Å². The molecule has 7 heteroatoms. The van der Waals surface area contributed by atoms with Gasteiger partial charge in [0, 0.05) is 5.92 Å². The number of carbonyl (C=O) groups is 3. The second-order valence-corrected chi connectivity index (χ2v) is 15.0. The Morgan fingerprint density at radius 1 is 1.08 bits per heavy atom. The molecule has 7 nitrogen and oxygen atoms in total. The number of nitrogens with zero attached hydrogens (tertiary/aromatic N) is 1. The first-order chi connectivity index (χ1) is 18.0. The van der Waals surface area contributed by atoms with E-state index < -0.39 is 27.6 Å². The molecule has 3 fully saturated rings. The van der Waals surface area contributed by atoms with Crippen LogP contribution in [-0.2, 0) is 19.1 Å². The maximum Gasteiger partial charge on any atom is 0.312 e. The van der Waals surface area contributed by atoms with Crippen LogP contribution in [0.4, 0.5) is 0 Å². The molecule has 0 unspecified atom stereocenters. The molecule has 5 aliphatic rings. The highest BCUT2D eigenvalue weighted by Crippen LogP contribution is 2.75. The molecule has 5 rings (SSSR count). The van der Waals surface area contributed by atoms with E-state index in [1.54, 1.807) is 6.92 Å². The lowest BCUT2D eigenvalue weighted by molar-refractivity contribution is -0.192. The molecule has 39 heavy (non-hydrogen) atoms. The highest BCUT2D eigenvalue weighted by Gasteiger charge is 2.71. The third-order valence-corrected chi connectivity index (χ3v) is 12.9. The zero-order valence-corrected chi connectivity index (χ0v) is 24.6. The summed E-state index contributed by atoms with van der Waals surface area (Å²) in [5.74, 6) is -1.73. The van der Waals surface area contributed by atoms with Crippen LogP contribution in [0.2, 0.25) is 0 Å². The van der Waals surface area contributed by atoms with Crippen molar-refractivity contribution in [1.29, 1.82) is 0 Å². The van der Waals surface area contributed by atoms with Crippen LogP contribution in [0.25, 0.3) is 4.85 Å². The van der Waals surface area contributed by atoms with Crippen LogP contribution >= 0.6 is 0 Å². The van der Waals surface area contributed by atoms with Crippen molar-refractivity contribution in [1.82, 2.24) is 0 Å². The number of ether oxygens (including phenoxy) is 1. The van der Waals surface area contributed by atoms with Crippen LogP contribution in [0.1, 0.15) is 92.9 Å². The summed E-state index contributed by atoms with van der Waals surface area (Å²) in [4.78, 5) is 44.4. The monoisotopic (exact) mass is 536 g/mol. The van der Waals surface area contributed by atoms with Gasteiger partial charge < -0.3 is 15.6 Å². The number of esters is 1. The predicted octanol–water partition coefficient (Wildman–Crippen LogP) is 5.90. The van der Waals surface area contributed by atoms with Gasteiger partial charge in [-0.2, -0.15) is 0 Å². The largest absolute Gasteiger partial charge is 0.523 e. The first-order valence-electron chi connectivity index (χ1n) is 14.4. The molecular formula is C32H44N2O5. The van der Waals surface area contributed by atoms with Gasteiger partial charge in [-0.15, -0.1) is 0 Å². The normalized spacial score (nSPS) is 46.5. The summed E-state index contributed by atoms with van der Waals surface area (Å²) in [5.41, 5.74) is 3.60. The molecule has 0 aromatic heterocycles. The molecule has 0 aliphatic heterocycles. The summed E-state index contributed by atoms with van der Waals surface area (Å²) in [6.45, 7) is 20.5. The van der Waals surface area contributed by atoms with Gasteiger partial charge >= 0.3 is 5.97 Å². The number of ketones is 1. The zero-order chi connectivity index (χ0) is 29.0.